The van der Waals surface area contributed by atoms with Crippen LogP contribution in [0.25, 0.3) is 0 Å². The number of nitrogens with one attached hydrogen (secondary N) is 2. The Morgan fingerprint density at radius 2 is 1.79 bits per heavy atom. The van der Waals surface area contributed by atoms with E-state index in [0.29, 0.717) is 4.90 Å². The normalized spacial score (nSPS) is 13.2. The van der Waals surface area contributed by atoms with Crippen LogP contribution in [0.1, 0.15) is 39.5 Å². The Kier molecular flexibility index (Phi) is 6.31. The molecular weight excluding hydrogens is 260 g/mol. The third-order valence-electron chi connectivity index (χ3n) is 3.05. The van der Waals surface area contributed by atoms with E-state index in [2.05, 4.69) is 17.0 Å². The SMILES string of the molecule is CCCCCC(C)NS(=O)(=O)c1ccc(NC)cc1. The van der Waals surface area contributed by atoms with E-state index in [1.54, 1.807) is 31.3 Å². The van der Waals surface area contributed by atoms with Gasteiger partial charge in [0.2, 0.25) is 10.0 Å². The average molecular weight is 284 g/mol. The maximum atomic E-state index is 12.1. The molecule has 1 aromatic carbocycles. The molecule has 0 aliphatic carbocycles. The highest BCUT2D eigenvalue weighted by Crippen LogP contribution is 2.14. The van der Waals surface area contributed by atoms with Gasteiger partial charge in [0, 0.05) is 18.8 Å². The van der Waals surface area contributed by atoms with Crippen LogP contribution in [0, 0.1) is 0 Å². The van der Waals surface area contributed by atoms with E-state index in [4.69, 9.17) is 0 Å². The molecule has 19 heavy (non-hydrogen) atoms. The predicted octanol–water partition coefficient (Wildman–Crippen LogP) is 2.98. The number of benzene rings is 1. The molecule has 0 saturated heterocycles. The second kappa shape index (κ2) is 7.50. The summed E-state index contributed by atoms with van der Waals surface area (Å²) < 4.78 is 27.0. The third kappa shape index (κ3) is 5.20. The van der Waals surface area contributed by atoms with E-state index in [9.17, 15) is 8.42 Å². The molecule has 0 amide bonds. The topological polar surface area (TPSA) is 58.2 Å². The summed E-state index contributed by atoms with van der Waals surface area (Å²) in [5, 5.41) is 2.97. The van der Waals surface area contributed by atoms with Crippen molar-refractivity contribution in [3.8, 4) is 0 Å². The van der Waals surface area contributed by atoms with E-state index in [1.165, 1.54) is 0 Å². The summed E-state index contributed by atoms with van der Waals surface area (Å²) >= 11 is 0. The molecule has 0 radical (unpaired) electrons. The van der Waals surface area contributed by atoms with Crippen LogP contribution in [0.3, 0.4) is 0 Å². The molecule has 0 aliphatic heterocycles. The Hall–Kier alpha value is -1.07. The Morgan fingerprint density at radius 1 is 1.16 bits per heavy atom. The zero-order valence-corrected chi connectivity index (χ0v) is 12.8. The first kappa shape index (κ1) is 16.0. The zero-order chi connectivity index (χ0) is 14.3. The van der Waals surface area contributed by atoms with Crippen molar-refractivity contribution in [3.63, 3.8) is 0 Å². The molecule has 4 nitrogen and oxygen atoms in total. The van der Waals surface area contributed by atoms with Gasteiger partial charge in [0.1, 0.15) is 0 Å². The van der Waals surface area contributed by atoms with Crippen molar-refractivity contribution < 1.29 is 8.42 Å². The van der Waals surface area contributed by atoms with Gasteiger partial charge in [-0.25, -0.2) is 13.1 Å². The first-order valence-corrected chi connectivity index (χ1v) is 8.28. The van der Waals surface area contributed by atoms with Crippen LogP contribution in [0.4, 0.5) is 5.69 Å². The molecule has 0 bridgehead atoms. The monoisotopic (exact) mass is 284 g/mol. The quantitative estimate of drug-likeness (QED) is 0.722. The molecule has 1 aromatic rings. The van der Waals surface area contributed by atoms with Gasteiger partial charge >= 0.3 is 0 Å². The first-order valence-electron chi connectivity index (χ1n) is 6.79. The average Bonchev–Trinajstić information content (AvgIpc) is 2.38. The summed E-state index contributed by atoms with van der Waals surface area (Å²) in [4.78, 5) is 0.314. The molecule has 0 spiro atoms. The van der Waals surface area contributed by atoms with Crippen LogP contribution in [0.15, 0.2) is 29.2 Å². The van der Waals surface area contributed by atoms with E-state index >= 15 is 0 Å². The molecule has 2 N–H and O–H groups in total. The van der Waals surface area contributed by atoms with Gasteiger partial charge in [0.15, 0.2) is 0 Å². The lowest BCUT2D eigenvalue weighted by atomic mass is 10.1. The lowest BCUT2D eigenvalue weighted by Gasteiger charge is -2.14. The maximum absolute atomic E-state index is 12.1. The van der Waals surface area contributed by atoms with Gasteiger partial charge in [0.25, 0.3) is 0 Å². The molecule has 1 atom stereocenters. The van der Waals surface area contributed by atoms with Gasteiger partial charge in [-0.15, -0.1) is 0 Å². The largest absolute Gasteiger partial charge is 0.388 e. The third-order valence-corrected chi connectivity index (χ3v) is 4.66. The van der Waals surface area contributed by atoms with Gasteiger partial charge in [-0.1, -0.05) is 26.2 Å². The van der Waals surface area contributed by atoms with Crippen molar-refractivity contribution in [2.45, 2.75) is 50.5 Å². The number of rotatable bonds is 8. The van der Waals surface area contributed by atoms with Crippen LogP contribution in [0.5, 0.6) is 0 Å². The minimum atomic E-state index is -3.40. The van der Waals surface area contributed by atoms with Gasteiger partial charge in [0.05, 0.1) is 4.90 Å². The molecule has 0 aromatic heterocycles. The summed E-state index contributed by atoms with van der Waals surface area (Å²) in [6.07, 6.45) is 4.22. The fourth-order valence-corrected chi connectivity index (χ4v) is 3.17. The number of unbranched alkanes of at least 4 members (excludes halogenated alkanes) is 2. The van der Waals surface area contributed by atoms with Crippen molar-refractivity contribution in [3.05, 3.63) is 24.3 Å². The number of hydrogen-bond donors (Lipinski definition) is 2. The van der Waals surface area contributed by atoms with Crippen LogP contribution < -0.4 is 10.0 Å². The molecule has 0 saturated carbocycles. The lowest BCUT2D eigenvalue weighted by molar-refractivity contribution is 0.527. The minimum absolute atomic E-state index is 0.0273. The molecule has 5 heteroatoms. The molecule has 0 aliphatic rings. The number of anilines is 1. The Balaban J connectivity index is 2.63. The van der Waals surface area contributed by atoms with E-state index in [0.717, 1.165) is 31.4 Å². The van der Waals surface area contributed by atoms with E-state index in [-0.39, 0.29) is 6.04 Å². The minimum Gasteiger partial charge on any atom is -0.388 e. The Labute approximate surface area is 116 Å². The van der Waals surface area contributed by atoms with Crippen molar-refractivity contribution in [2.24, 2.45) is 0 Å². The van der Waals surface area contributed by atoms with Gasteiger partial charge in [-0.05, 0) is 37.6 Å². The van der Waals surface area contributed by atoms with Crippen LogP contribution in [-0.2, 0) is 10.0 Å². The lowest BCUT2D eigenvalue weighted by Crippen LogP contribution is -2.32. The van der Waals surface area contributed by atoms with Gasteiger partial charge in [-0.2, -0.15) is 0 Å². The standard InChI is InChI=1S/C14H24N2O2S/c1-4-5-6-7-12(2)16-19(17,18)14-10-8-13(15-3)9-11-14/h8-12,15-16H,4-7H2,1-3H3. The van der Waals surface area contributed by atoms with Gasteiger partial charge in [-0.3, -0.25) is 0 Å². The van der Waals surface area contributed by atoms with E-state index in [1.807, 2.05) is 6.92 Å². The molecule has 0 fully saturated rings. The highest BCUT2D eigenvalue weighted by molar-refractivity contribution is 7.89. The summed E-state index contributed by atoms with van der Waals surface area (Å²) in [7, 11) is -1.60. The van der Waals surface area contributed by atoms with Crippen molar-refractivity contribution in [1.82, 2.24) is 4.72 Å². The van der Waals surface area contributed by atoms with Crippen molar-refractivity contribution in [1.29, 1.82) is 0 Å². The highest BCUT2D eigenvalue weighted by Gasteiger charge is 2.16. The molecule has 1 unspecified atom stereocenters. The summed E-state index contributed by atoms with van der Waals surface area (Å²) in [5.74, 6) is 0. The fourth-order valence-electron chi connectivity index (χ4n) is 1.89. The second-order valence-electron chi connectivity index (χ2n) is 4.79. The predicted molar refractivity (Wildman–Crippen MR) is 79.9 cm³/mol. The maximum Gasteiger partial charge on any atom is 0.240 e. The second-order valence-corrected chi connectivity index (χ2v) is 6.51. The van der Waals surface area contributed by atoms with E-state index < -0.39 is 10.0 Å². The van der Waals surface area contributed by atoms with Crippen LogP contribution in [-0.4, -0.2) is 21.5 Å². The summed E-state index contributed by atoms with van der Waals surface area (Å²) in [6, 6.07) is 6.73. The van der Waals surface area contributed by atoms with Crippen LogP contribution in [0.2, 0.25) is 0 Å². The van der Waals surface area contributed by atoms with Crippen molar-refractivity contribution >= 4 is 15.7 Å². The fraction of sp³-hybridized carbons (Fsp3) is 0.571. The summed E-state index contributed by atoms with van der Waals surface area (Å²) in [5.41, 5.74) is 0.898. The molecule has 108 valence electrons. The van der Waals surface area contributed by atoms with Crippen molar-refractivity contribution in [2.75, 3.05) is 12.4 Å². The number of sulfonamides is 1. The number of hydrogen-bond acceptors (Lipinski definition) is 3. The van der Waals surface area contributed by atoms with Gasteiger partial charge < -0.3 is 5.32 Å². The highest BCUT2D eigenvalue weighted by atomic mass is 32.2. The molecule has 1 rings (SSSR count). The Morgan fingerprint density at radius 3 is 2.32 bits per heavy atom. The molecular formula is C14H24N2O2S. The van der Waals surface area contributed by atoms with Crippen LogP contribution >= 0.6 is 0 Å². The zero-order valence-electron chi connectivity index (χ0n) is 11.9. The summed E-state index contributed by atoms with van der Waals surface area (Å²) in [6.45, 7) is 4.05. The molecule has 0 heterocycles. The first-order chi connectivity index (χ1) is 8.99. The smallest absolute Gasteiger partial charge is 0.240 e. The Bertz CT molecular complexity index is 469.